The van der Waals surface area contributed by atoms with Gasteiger partial charge in [0.2, 0.25) is 0 Å². The van der Waals surface area contributed by atoms with Crippen molar-refractivity contribution in [1.82, 2.24) is 0 Å². The van der Waals surface area contributed by atoms with E-state index in [0.29, 0.717) is 30.3 Å². The Morgan fingerprint density at radius 1 is 1.39 bits per heavy atom. The predicted octanol–water partition coefficient (Wildman–Crippen LogP) is 2.70. The molecule has 0 amide bonds. The molecule has 0 N–H and O–H groups in total. The largest absolute Gasteiger partial charge is 0.490 e. The van der Waals surface area contributed by atoms with E-state index in [1.165, 1.54) is 0 Å². The number of hydrogen-bond donors (Lipinski definition) is 0. The second-order valence-electron chi connectivity index (χ2n) is 3.94. The van der Waals surface area contributed by atoms with Crippen LogP contribution in [0.4, 0.5) is 0 Å². The Labute approximate surface area is 108 Å². The minimum atomic E-state index is -0.0368. The smallest absolute Gasteiger partial charge is 0.172 e. The fraction of sp³-hybridized carbons (Fsp3) is 0.500. The Kier molecular flexibility index (Phi) is 6.22. The molecule has 0 radical (unpaired) electrons. The van der Waals surface area contributed by atoms with Gasteiger partial charge >= 0.3 is 0 Å². The van der Waals surface area contributed by atoms with Gasteiger partial charge in [0, 0.05) is 20.1 Å². The maximum atomic E-state index is 11.0. The number of benzene rings is 1. The molecular formula is C14H20O4. The highest BCUT2D eigenvalue weighted by atomic mass is 16.5. The molecule has 100 valence electrons. The molecular weight excluding hydrogens is 232 g/mol. The van der Waals surface area contributed by atoms with Gasteiger partial charge in [-0.3, -0.25) is 4.79 Å². The van der Waals surface area contributed by atoms with Gasteiger partial charge in [0.1, 0.15) is 0 Å². The minimum absolute atomic E-state index is 0.0368. The van der Waals surface area contributed by atoms with Crippen LogP contribution in [-0.2, 0) is 4.74 Å². The van der Waals surface area contributed by atoms with E-state index < -0.39 is 0 Å². The lowest BCUT2D eigenvalue weighted by atomic mass is 10.2. The first-order valence-corrected chi connectivity index (χ1v) is 6.09. The molecule has 1 atom stereocenters. The molecule has 0 saturated carbocycles. The Hall–Kier alpha value is -1.55. The maximum Gasteiger partial charge on any atom is 0.172 e. The lowest BCUT2D eigenvalue weighted by molar-refractivity contribution is 0.110. The van der Waals surface area contributed by atoms with Crippen LogP contribution in [0, 0.1) is 0 Å². The summed E-state index contributed by atoms with van der Waals surface area (Å²) in [6.45, 7) is 4.99. The van der Waals surface area contributed by atoms with E-state index in [-0.39, 0.29) is 6.10 Å². The van der Waals surface area contributed by atoms with Gasteiger partial charge in [0.15, 0.2) is 17.8 Å². The Balaban J connectivity index is 2.86. The highest BCUT2D eigenvalue weighted by Gasteiger charge is 2.13. The predicted molar refractivity (Wildman–Crippen MR) is 69.6 cm³/mol. The summed E-state index contributed by atoms with van der Waals surface area (Å²) in [6.07, 6.45) is 1.50. The van der Waals surface area contributed by atoms with Crippen molar-refractivity contribution in [3.05, 3.63) is 23.8 Å². The lowest BCUT2D eigenvalue weighted by Crippen LogP contribution is -2.16. The standard InChI is InChI=1S/C14H20O4/c1-4-17-13-7-5-6-12(10-15)14(13)18-11(2)8-9-16-3/h5-7,10-11H,4,8-9H2,1-3H3. The molecule has 4 nitrogen and oxygen atoms in total. The molecule has 1 aromatic rings. The van der Waals surface area contributed by atoms with Crippen molar-refractivity contribution in [1.29, 1.82) is 0 Å². The summed E-state index contributed by atoms with van der Waals surface area (Å²) in [5, 5.41) is 0. The molecule has 1 rings (SSSR count). The first-order chi connectivity index (χ1) is 8.72. The van der Waals surface area contributed by atoms with Crippen molar-refractivity contribution < 1.29 is 19.0 Å². The Morgan fingerprint density at radius 2 is 2.17 bits per heavy atom. The molecule has 0 aliphatic rings. The Morgan fingerprint density at radius 3 is 2.78 bits per heavy atom. The number of ether oxygens (including phenoxy) is 3. The van der Waals surface area contributed by atoms with Crippen LogP contribution < -0.4 is 9.47 Å². The molecule has 18 heavy (non-hydrogen) atoms. The molecule has 0 bridgehead atoms. The molecule has 0 aliphatic carbocycles. The third kappa shape index (κ3) is 4.04. The van der Waals surface area contributed by atoms with E-state index in [1.54, 1.807) is 25.3 Å². The van der Waals surface area contributed by atoms with Gasteiger partial charge in [-0.2, -0.15) is 0 Å². The summed E-state index contributed by atoms with van der Waals surface area (Å²) in [7, 11) is 1.65. The molecule has 0 spiro atoms. The van der Waals surface area contributed by atoms with Crippen LogP contribution in [0.1, 0.15) is 30.6 Å². The Bertz CT molecular complexity index is 376. The normalized spacial score (nSPS) is 11.9. The molecule has 0 aromatic heterocycles. The second-order valence-corrected chi connectivity index (χ2v) is 3.94. The van der Waals surface area contributed by atoms with Crippen molar-refractivity contribution in [2.24, 2.45) is 0 Å². The highest BCUT2D eigenvalue weighted by molar-refractivity contribution is 5.81. The van der Waals surface area contributed by atoms with Crippen molar-refractivity contribution in [2.75, 3.05) is 20.3 Å². The molecule has 1 aromatic carbocycles. The van der Waals surface area contributed by atoms with E-state index in [0.717, 1.165) is 12.7 Å². The number of carbonyl (C=O) groups is 1. The zero-order valence-corrected chi connectivity index (χ0v) is 11.1. The molecule has 0 fully saturated rings. The van der Waals surface area contributed by atoms with E-state index in [2.05, 4.69) is 0 Å². The first-order valence-electron chi connectivity index (χ1n) is 6.09. The van der Waals surface area contributed by atoms with Gasteiger partial charge in [0.05, 0.1) is 18.3 Å². The molecule has 0 aliphatic heterocycles. The average Bonchev–Trinajstić information content (AvgIpc) is 2.38. The van der Waals surface area contributed by atoms with E-state index in [9.17, 15) is 4.79 Å². The highest BCUT2D eigenvalue weighted by Crippen LogP contribution is 2.31. The maximum absolute atomic E-state index is 11.0. The number of hydrogen-bond acceptors (Lipinski definition) is 4. The van der Waals surface area contributed by atoms with Crippen LogP contribution >= 0.6 is 0 Å². The monoisotopic (exact) mass is 252 g/mol. The molecule has 0 saturated heterocycles. The number of methoxy groups -OCH3 is 1. The van der Waals surface area contributed by atoms with E-state index in [1.807, 2.05) is 13.8 Å². The van der Waals surface area contributed by atoms with Gasteiger partial charge in [-0.05, 0) is 26.0 Å². The zero-order chi connectivity index (χ0) is 13.4. The van der Waals surface area contributed by atoms with E-state index in [4.69, 9.17) is 14.2 Å². The summed E-state index contributed by atoms with van der Waals surface area (Å²) < 4.78 is 16.3. The molecule has 0 heterocycles. The van der Waals surface area contributed by atoms with Crippen LogP contribution in [0.3, 0.4) is 0 Å². The fourth-order valence-electron chi connectivity index (χ4n) is 1.56. The molecule has 1 unspecified atom stereocenters. The summed E-state index contributed by atoms with van der Waals surface area (Å²) in [5.41, 5.74) is 0.505. The summed E-state index contributed by atoms with van der Waals surface area (Å²) in [4.78, 5) is 11.0. The van der Waals surface area contributed by atoms with Crippen molar-refractivity contribution >= 4 is 6.29 Å². The third-order valence-corrected chi connectivity index (χ3v) is 2.48. The van der Waals surface area contributed by atoms with Gasteiger partial charge in [-0.1, -0.05) is 6.07 Å². The van der Waals surface area contributed by atoms with Crippen LogP contribution in [0.5, 0.6) is 11.5 Å². The fourth-order valence-corrected chi connectivity index (χ4v) is 1.56. The minimum Gasteiger partial charge on any atom is -0.490 e. The van der Waals surface area contributed by atoms with Crippen LogP contribution in [-0.4, -0.2) is 32.7 Å². The third-order valence-electron chi connectivity index (χ3n) is 2.48. The van der Waals surface area contributed by atoms with Crippen molar-refractivity contribution in [3.63, 3.8) is 0 Å². The second kappa shape index (κ2) is 7.71. The number of aldehydes is 1. The van der Waals surface area contributed by atoms with E-state index >= 15 is 0 Å². The van der Waals surface area contributed by atoms with Crippen LogP contribution in [0.25, 0.3) is 0 Å². The number of para-hydroxylation sites is 1. The first kappa shape index (κ1) is 14.5. The van der Waals surface area contributed by atoms with Crippen molar-refractivity contribution in [2.45, 2.75) is 26.4 Å². The van der Waals surface area contributed by atoms with Gasteiger partial charge in [-0.25, -0.2) is 0 Å². The van der Waals surface area contributed by atoms with Crippen molar-refractivity contribution in [3.8, 4) is 11.5 Å². The average molecular weight is 252 g/mol. The number of rotatable bonds is 8. The zero-order valence-electron chi connectivity index (χ0n) is 11.1. The summed E-state index contributed by atoms with van der Waals surface area (Å²) in [5.74, 6) is 1.12. The topological polar surface area (TPSA) is 44.8 Å². The van der Waals surface area contributed by atoms with Crippen LogP contribution in [0.2, 0.25) is 0 Å². The quantitative estimate of drug-likeness (QED) is 0.667. The van der Waals surface area contributed by atoms with Crippen LogP contribution in [0.15, 0.2) is 18.2 Å². The van der Waals surface area contributed by atoms with Gasteiger partial charge < -0.3 is 14.2 Å². The summed E-state index contributed by atoms with van der Waals surface area (Å²) in [6, 6.07) is 5.30. The lowest BCUT2D eigenvalue weighted by Gasteiger charge is -2.18. The number of carbonyl (C=O) groups excluding carboxylic acids is 1. The van der Waals surface area contributed by atoms with Gasteiger partial charge in [-0.15, -0.1) is 0 Å². The van der Waals surface area contributed by atoms with Gasteiger partial charge in [0.25, 0.3) is 0 Å². The molecule has 4 heteroatoms. The SMILES string of the molecule is CCOc1cccc(C=O)c1OC(C)CCOC. The summed E-state index contributed by atoms with van der Waals surface area (Å²) >= 11 is 0.